The molecule has 124 valence electrons. The van der Waals surface area contributed by atoms with Gasteiger partial charge in [0, 0.05) is 26.1 Å². The molecule has 1 amide bonds. The number of nitrogens with one attached hydrogen (secondary N) is 3. The highest BCUT2D eigenvalue weighted by Crippen LogP contribution is 2.09. The van der Waals surface area contributed by atoms with Crippen LogP contribution in [0.3, 0.4) is 0 Å². The summed E-state index contributed by atoms with van der Waals surface area (Å²) < 4.78 is 38.8. The summed E-state index contributed by atoms with van der Waals surface area (Å²) in [5, 5.41) is 5.83. The van der Waals surface area contributed by atoms with Crippen LogP contribution in [-0.4, -0.2) is 40.5 Å². The molecule has 0 radical (unpaired) electrons. The largest absolute Gasteiger partial charge is 0.355 e. The molecule has 0 bridgehead atoms. The Hall–Kier alpha value is -1.51. The summed E-state index contributed by atoms with van der Waals surface area (Å²) in [6.07, 6.45) is 1.08. The fourth-order valence-electron chi connectivity index (χ4n) is 1.68. The maximum Gasteiger partial charge on any atom is 0.240 e. The molecule has 0 aliphatic carbocycles. The minimum Gasteiger partial charge on any atom is -0.355 e. The number of amides is 1. The zero-order valence-corrected chi connectivity index (χ0v) is 13.4. The van der Waals surface area contributed by atoms with E-state index in [1.165, 1.54) is 12.1 Å². The predicted octanol–water partition coefficient (Wildman–Crippen LogP) is 0.610. The fourth-order valence-corrected chi connectivity index (χ4v) is 2.71. The Morgan fingerprint density at radius 2 is 1.77 bits per heavy atom. The van der Waals surface area contributed by atoms with E-state index >= 15 is 0 Å². The van der Waals surface area contributed by atoms with Crippen molar-refractivity contribution < 1.29 is 17.6 Å². The van der Waals surface area contributed by atoms with Crippen LogP contribution in [0.15, 0.2) is 29.2 Å². The summed E-state index contributed by atoms with van der Waals surface area (Å²) >= 11 is 0. The van der Waals surface area contributed by atoms with Gasteiger partial charge in [-0.25, -0.2) is 17.5 Å². The smallest absolute Gasteiger partial charge is 0.240 e. The van der Waals surface area contributed by atoms with Gasteiger partial charge in [0.05, 0.1) is 4.90 Å². The van der Waals surface area contributed by atoms with Crippen molar-refractivity contribution in [1.82, 2.24) is 15.4 Å². The Morgan fingerprint density at radius 3 is 2.41 bits per heavy atom. The highest BCUT2D eigenvalue weighted by Gasteiger charge is 2.13. The molecule has 0 saturated heterocycles. The summed E-state index contributed by atoms with van der Waals surface area (Å²) in [5.41, 5.74) is 0. The number of benzene rings is 1. The van der Waals surface area contributed by atoms with E-state index in [2.05, 4.69) is 22.3 Å². The van der Waals surface area contributed by atoms with Crippen molar-refractivity contribution in [1.29, 1.82) is 0 Å². The average molecular weight is 331 g/mol. The molecule has 3 N–H and O–H groups in total. The number of hydrogen-bond donors (Lipinski definition) is 3. The van der Waals surface area contributed by atoms with E-state index in [1.54, 1.807) is 0 Å². The van der Waals surface area contributed by atoms with Gasteiger partial charge in [0.1, 0.15) is 5.82 Å². The molecule has 0 spiro atoms. The molecule has 0 aliphatic rings. The molecule has 1 rings (SSSR count). The third-order valence-corrected chi connectivity index (χ3v) is 4.30. The van der Waals surface area contributed by atoms with Crippen LogP contribution in [0, 0.1) is 5.82 Å². The standard InChI is InChI=1S/C14H22FN3O3S/c1-2-8-16-10-11-17-14(19)7-9-18-22(20,21)13-5-3-12(15)4-6-13/h3-6,16,18H,2,7-11H2,1H3,(H,17,19). The second-order valence-electron chi connectivity index (χ2n) is 4.70. The summed E-state index contributed by atoms with van der Waals surface area (Å²) in [6.45, 7) is 4.13. The van der Waals surface area contributed by atoms with Crippen molar-refractivity contribution in [2.24, 2.45) is 0 Å². The van der Waals surface area contributed by atoms with Crippen LogP contribution in [0.1, 0.15) is 19.8 Å². The molecule has 8 heteroatoms. The van der Waals surface area contributed by atoms with Gasteiger partial charge in [-0.2, -0.15) is 0 Å². The van der Waals surface area contributed by atoms with Crippen LogP contribution in [-0.2, 0) is 14.8 Å². The fraction of sp³-hybridized carbons (Fsp3) is 0.500. The van der Waals surface area contributed by atoms with Crippen molar-refractivity contribution in [3.05, 3.63) is 30.1 Å². The molecule has 1 aromatic rings. The van der Waals surface area contributed by atoms with Crippen molar-refractivity contribution in [3.63, 3.8) is 0 Å². The quantitative estimate of drug-likeness (QED) is 0.548. The molecule has 1 aromatic carbocycles. The maximum absolute atomic E-state index is 12.8. The van der Waals surface area contributed by atoms with Gasteiger partial charge in [0.15, 0.2) is 0 Å². The number of rotatable bonds is 10. The summed E-state index contributed by atoms with van der Waals surface area (Å²) in [5.74, 6) is -0.727. The number of halogens is 1. The van der Waals surface area contributed by atoms with Gasteiger partial charge in [0.2, 0.25) is 15.9 Å². The number of hydrogen-bond acceptors (Lipinski definition) is 4. The van der Waals surface area contributed by atoms with Gasteiger partial charge < -0.3 is 10.6 Å². The highest BCUT2D eigenvalue weighted by atomic mass is 32.2. The lowest BCUT2D eigenvalue weighted by molar-refractivity contribution is -0.120. The van der Waals surface area contributed by atoms with Crippen LogP contribution >= 0.6 is 0 Å². The van der Waals surface area contributed by atoms with Gasteiger partial charge in [-0.1, -0.05) is 6.92 Å². The first kappa shape index (κ1) is 18.5. The monoisotopic (exact) mass is 331 g/mol. The molecule has 22 heavy (non-hydrogen) atoms. The number of sulfonamides is 1. The molecule has 0 fully saturated rings. The molecule has 0 aliphatic heterocycles. The van der Waals surface area contributed by atoms with Crippen LogP contribution in [0.5, 0.6) is 0 Å². The van der Waals surface area contributed by atoms with Crippen molar-refractivity contribution in [2.75, 3.05) is 26.2 Å². The lowest BCUT2D eigenvalue weighted by Gasteiger charge is -2.08. The lowest BCUT2D eigenvalue weighted by Crippen LogP contribution is -2.34. The van der Waals surface area contributed by atoms with Crippen molar-refractivity contribution in [3.8, 4) is 0 Å². The average Bonchev–Trinajstić information content (AvgIpc) is 2.47. The van der Waals surface area contributed by atoms with Gasteiger partial charge in [-0.3, -0.25) is 4.79 Å². The van der Waals surface area contributed by atoms with Crippen LogP contribution in [0.2, 0.25) is 0 Å². The zero-order chi connectivity index (χ0) is 16.4. The maximum atomic E-state index is 12.8. The number of carbonyl (C=O) groups is 1. The SMILES string of the molecule is CCCNCCNC(=O)CCNS(=O)(=O)c1ccc(F)cc1. The molecular formula is C14H22FN3O3S. The van der Waals surface area contributed by atoms with Crippen LogP contribution in [0.4, 0.5) is 4.39 Å². The Morgan fingerprint density at radius 1 is 1.09 bits per heavy atom. The minimum absolute atomic E-state index is 0.00602. The van der Waals surface area contributed by atoms with Crippen molar-refractivity contribution >= 4 is 15.9 Å². The second-order valence-corrected chi connectivity index (χ2v) is 6.47. The first-order valence-corrected chi connectivity index (χ1v) is 8.66. The predicted molar refractivity (Wildman–Crippen MR) is 82.4 cm³/mol. The highest BCUT2D eigenvalue weighted by molar-refractivity contribution is 7.89. The van der Waals surface area contributed by atoms with Crippen molar-refractivity contribution in [2.45, 2.75) is 24.7 Å². The Balaban J connectivity index is 2.28. The van der Waals surface area contributed by atoms with Gasteiger partial charge in [-0.05, 0) is 37.2 Å². The third kappa shape index (κ3) is 6.97. The van der Waals surface area contributed by atoms with Gasteiger partial charge in [0.25, 0.3) is 0 Å². The van der Waals surface area contributed by atoms with E-state index in [9.17, 15) is 17.6 Å². The Kier molecular flexibility index (Phi) is 8.00. The Bertz CT molecular complexity index is 561. The topological polar surface area (TPSA) is 87.3 Å². The zero-order valence-electron chi connectivity index (χ0n) is 12.6. The normalized spacial score (nSPS) is 11.4. The molecule has 0 aromatic heterocycles. The summed E-state index contributed by atoms with van der Waals surface area (Å²) in [6, 6.07) is 4.50. The molecule has 6 nitrogen and oxygen atoms in total. The summed E-state index contributed by atoms with van der Waals surface area (Å²) in [4.78, 5) is 11.5. The molecule has 0 saturated carbocycles. The first-order chi connectivity index (χ1) is 10.5. The van der Waals surface area contributed by atoms with E-state index in [0.29, 0.717) is 13.1 Å². The lowest BCUT2D eigenvalue weighted by atomic mass is 10.4. The number of carbonyl (C=O) groups excluding carboxylic acids is 1. The third-order valence-electron chi connectivity index (χ3n) is 2.82. The minimum atomic E-state index is -3.71. The Labute approximate surface area is 130 Å². The van der Waals surface area contributed by atoms with Crippen LogP contribution < -0.4 is 15.4 Å². The van der Waals surface area contributed by atoms with E-state index in [-0.39, 0.29) is 23.8 Å². The molecular weight excluding hydrogens is 309 g/mol. The van der Waals surface area contributed by atoms with E-state index in [0.717, 1.165) is 25.1 Å². The second kappa shape index (κ2) is 9.50. The van der Waals surface area contributed by atoms with Gasteiger partial charge in [-0.15, -0.1) is 0 Å². The van der Waals surface area contributed by atoms with Crippen LogP contribution in [0.25, 0.3) is 0 Å². The summed E-state index contributed by atoms with van der Waals surface area (Å²) in [7, 11) is -3.71. The van der Waals surface area contributed by atoms with E-state index in [4.69, 9.17) is 0 Å². The molecule has 0 atom stereocenters. The van der Waals surface area contributed by atoms with E-state index in [1.807, 2.05) is 0 Å². The first-order valence-electron chi connectivity index (χ1n) is 7.18. The van der Waals surface area contributed by atoms with Gasteiger partial charge >= 0.3 is 0 Å². The van der Waals surface area contributed by atoms with E-state index < -0.39 is 15.8 Å². The molecule has 0 heterocycles. The molecule has 0 unspecified atom stereocenters.